The van der Waals surface area contributed by atoms with Crippen LogP contribution in [0.2, 0.25) is 0 Å². The average molecular weight is 294 g/mol. The number of benzene rings is 1. The first-order chi connectivity index (χ1) is 9.56. The SMILES string of the molecule is N#Cc1ccc(S(=O)(=O)CCN2CCCC2CO)cc1. The van der Waals surface area contributed by atoms with Gasteiger partial charge in [0.25, 0.3) is 0 Å². The second-order valence-corrected chi connectivity index (χ2v) is 7.08. The van der Waals surface area contributed by atoms with E-state index >= 15 is 0 Å². The van der Waals surface area contributed by atoms with Crippen molar-refractivity contribution in [3.05, 3.63) is 29.8 Å². The van der Waals surface area contributed by atoms with E-state index in [2.05, 4.69) is 0 Å². The summed E-state index contributed by atoms with van der Waals surface area (Å²) in [4.78, 5) is 2.28. The van der Waals surface area contributed by atoms with Gasteiger partial charge in [-0.1, -0.05) is 0 Å². The molecule has 1 fully saturated rings. The summed E-state index contributed by atoms with van der Waals surface area (Å²) in [7, 11) is -3.34. The molecule has 1 aliphatic heterocycles. The lowest BCUT2D eigenvalue weighted by atomic mass is 10.2. The molecular formula is C14H18N2O3S. The first kappa shape index (κ1) is 15.0. The molecule has 1 aromatic rings. The highest BCUT2D eigenvalue weighted by Gasteiger charge is 2.25. The molecule has 2 rings (SSSR count). The van der Waals surface area contributed by atoms with Crippen molar-refractivity contribution in [3.8, 4) is 6.07 Å². The molecule has 5 nitrogen and oxygen atoms in total. The van der Waals surface area contributed by atoms with E-state index in [1.54, 1.807) is 0 Å². The highest BCUT2D eigenvalue weighted by Crippen LogP contribution is 2.18. The number of aliphatic hydroxyl groups excluding tert-OH is 1. The first-order valence-corrected chi connectivity index (χ1v) is 8.30. The zero-order valence-corrected chi connectivity index (χ0v) is 12.0. The highest BCUT2D eigenvalue weighted by atomic mass is 32.2. The first-order valence-electron chi connectivity index (χ1n) is 6.64. The Balaban J connectivity index is 2.02. The Hall–Kier alpha value is -1.42. The monoisotopic (exact) mass is 294 g/mol. The summed E-state index contributed by atoms with van der Waals surface area (Å²) in [6.45, 7) is 1.36. The molecule has 6 heteroatoms. The van der Waals surface area contributed by atoms with Crippen molar-refractivity contribution in [2.24, 2.45) is 0 Å². The fourth-order valence-electron chi connectivity index (χ4n) is 2.49. The summed E-state index contributed by atoms with van der Waals surface area (Å²) in [6.07, 6.45) is 1.93. The van der Waals surface area contributed by atoms with Crippen molar-refractivity contribution in [1.29, 1.82) is 5.26 Å². The van der Waals surface area contributed by atoms with E-state index in [9.17, 15) is 13.5 Å². The minimum atomic E-state index is -3.34. The molecule has 1 aliphatic rings. The Kier molecular flexibility index (Phi) is 4.76. The molecule has 1 aromatic carbocycles. The largest absolute Gasteiger partial charge is 0.395 e. The molecule has 0 bridgehead atoms. The van der Waals surface area contributed by atoms with Gasteiger partial charge in [-0.15, -0.1) is 0 Å². The Bertz CT molecular complexity index is 590. The van der Waals surface area contributed by atoms with Crippen LogP contribution in [0.5, 0.6) is 0 Å². The summed E-state index contributed by atoms with van der Waals surface area (Å²) in [5, 5.41) is 17.9. The number of hydrogen-bond acceptors (Lipinski definition) is 5. The van der Waals surface area contributed by atoms with Crippen LogP contribution in [0.4, 0.5) is 0 Å². The number of sulfone groups is 1. The molecule has 0 aromatic heterocycles. The van der Waals surface area contributed by atoms with Gasteiger partial charge in [-0.2, -0.15) is 5.26 Å². The summed E-state index contributed by atoms with van der Waals surface area (Å²) >= 11 is 0. The third-order valence-corrected chi connectivity index (χ3v) is 5.41. The second-order valence-electron chi connectivity index (χ2n) is 4.97. The maximum atomic E-state index is 12.2. The third kappa shape index (κ3) is 3.37. The smallest absolute Gasteiger partial charge is 0.179 e. The minimum Gasteiger partial charge on any atom is -0.395 e. The van der Waals surface area contributed by atoms with Crippen molar-refractivity contribution < 1.29 is 13.5 Å². The Morgan fingerprint density at radius 1 is 1.35 bits per heavy atom. The van der Waals surface area contributed by atoms with Gasteiger partial charge in [-0.05, 0) is 43.7 Å². The minimum absolute atomic E-state index is 0.0371. The summed E-state index contributed by atoms with van der Waals surface area (Å²) in [5.41, 5.74) is 0.448. The van der Waals surface area contributed by atoms with Crippen LogP contribution in [0.1, 0.15) is 18.4 Å². The van der Waals surface area contributed by atoms with Crippen LogP contribution >= 0.6 is 0 Å². The van der Waals surface area contributed by atoms with E-state index in [0.29, 0.717) is 12.1 Å². The zero-order chi connectivity index (χ0) is 14.6. The molecule has 1 unspecified atom stereocenters. The van der Waals surface area contributed by atoms with Crippen LogP contribution in [0.25, 0.3) is 0 Å². The lowest BCUT2D eigenvalue weighted by Gasteiger charge is -2.22. The molecule has 0 aliphatic carbocycles. The van der Waals surface area contributed by atoms with Crippen LogP contribution in [-0.4, -0.2) is 49.9 Å². The molecule has 1 saturated heterocycles. The number of rotatable bonds is 5. The molecule has 0 spiro atoms. The molecule has 20 heavy (non-hydrogen) atoms. The van der Waals surface area contributed by atoms with Gasteiger partial charge >= 0.3 is 0 Å². The van der Waals surface area contributed by atoms with E-state index in [1.807, 2.05) is 11.0 Å². The average Bonchev–Trinajstić information content (AvgIpc) is 2.93. The maximum Gasteiger partial charge on any atom is 0.179 e. The molecule has 108 valence electrons. The molecule has 0 radical (unpaired) electrons. The highest BCUT2D eigenvalue weighted by molar-refractivity contribution is 7.91. The van der Waals surface area contributed by atoms with Crippen molar-refractivity contribution >= 4 is 9.84 Å². The van der Waals surface area contributed by atoms with E-state index in [1.165, 1.54) is 24.3 Å². The predicted octanol–water partition coefficient (Wildman–Crippen LogP) is 0.789. The van der Waals surface area contributed by atoms with Crippen molar-refractivity contribution in [2.45, 2.75) is 23.8 Å². The number of nitriles is 1. The van der Waals surface area contributed by atoms with Gasteiger partial charge in [-0.25, -0.2) is 8.42 Å². The quantitative estimate of drug-likeness (QED) is 0.868. The number of aliphatic hydroxyl groups is 1. The standard InChI is InChI=1S/C14H18N2O3S/c15-10-12-3-5-14(6-4-12)20(18,19)9-8-16-7-1-2-13(16)11-17/h3-6,13,17H,1-2,7-9,11H2. The lowest BCUT2D eigenvalue weighted by Crippen LogP contribution is -2.35. The number of likely N-dealkylation sites (tertiary alicyclic amines) is 1. The van der Waals surface area contributed by atoms with Crippen molar-refractivity contribution in [3.63, 3.8) is 0 Å². The maximum absolute atomic E-state index is 12.2. The van der Waals surface area contributed by atoms with Gasteiger partial charge in [-0.3, -0.25) is 4.90 Å². The molecule has 0 amide bonds. The van der Waals surface area contributed by atoms with Gasteiger partial charge < -0.3 is 5.11 Å². The summed E-state index contributed by atoms with van der Waals surface area (Å²) in [6, 6.07) is 8.03. The fraction of sp³-hybridized carbons (Fsp3) is 0.500. The van der Waals surface area contributed by atoms with E-state index in [4.69, 9.17) is 5.26 Å². The molecule has 1 heterocycles. The van der Waals surface area contributed by atoms with Crippen LogP contribution in [0, 0.1) is 11.3 Å². The second kappa shape index (κ2) is 6.35. The van der Waals surface area contributed by atoms with Crippen molar-refractivity contribution in [1.82, 2.24) is 4.90 Å². The van der Waals surface area contributed by atoms with Crippen LogP contribution in [0.15, 0.2) is 29.2 Å². The van der Waals surface area contributed by atoms with Gasteiger partial charge in [0.05, 0.1) is 28.9 Å². The number of nitrogens with zero attached hydrogens (tertiary/aromatic N) is 2. The van der Waals surface area contributed by atoms with Crippen LogP contribution in [0.3, 0.4) is 0 Å². The van der Waals surface area contributed by atoms with Gasteiger partial charge in [0.1, 0.15) is 0 Å². The van der Waals surface area contributed by atoms with Gasteiger partial charge in [0.15, 0.2) is 9.84 Å². The molecule has 1 atom stereocenters. The fourth-order valence-corrected chi connectivity index (χ4v) is 3.75. The zero-order valence-electron chi connectivity index (χ0n) is 11.2. The van der Waals surface area contributed by atoms with E-state index in [-0.39, 0.29) is 23.3 Å². The third-order valence-electron chi connectivity index (χ3n) is 3.70. The molecule has 1 N–H and O–H groups in total. The van der Waals surface area contributed by atoms with Gasteiger partial charge in [0, 0.05) is 12.6 Å². The topological polar surface area (TPSA) is 81.4 Å². The Morgan fingerprint density at radius 2 is 2.05 bits per heavy atom. The van der Waals surface area contributed by atoms with Crippen LogP contribution < -0.4 is 0 Å². The summed E-state index contributed by atoms with van der Waals surface area (Å²) in [5.74, 6) is 0.0371. The van der Waals surface area contributed by atoms with Gasteiger partial charge in [0.2, 0.25) is 0 Å². The lowest BCUT2D eigenvalue weighted by molar-refractivity contribution is 0.165. The predicted molar refractivity (Wildman–Crippen MR) is 74.9 cm³/mol. The summed E-state index contributed by atoms with van der Waals surface area (Å²) < 4.78 is 24.4. The van der Waals surface area contributed by atoms with Crippen LogP contribution in [-0.2, 0) is 9.84 Å². The Labute approximate surface area is 119 Å². The number of hydrogen-bond donors (Lipinski definition) is 1. The van der Waals surface area contributed by atoms with E-state index in [0.717, 1.165) is 19.4 Å². The van der Waals surface area contributed by atoms with Crippen molar-refractivity contribution in [2.75, 3.05) is 25.4 Å². The molecule has 0 saturated carbocycles. The molecular weight excluding hydrogens is 276 g/mol. The van der Waals surface area contributed by atoms with E-state index < -0.39 is 9.84 Å². The normalized spacial score (nSPS) is 19.9. The Morgan fingerprint density at radius 3 is 2.65 bits per heavy atom.